The van der Waals surface area contributed by atoms with E-state index in [0.717, 1.165) is 11.3 Å². The van der Waals surface area contributed by atoms with Crippen molar-refractivity contribution in [1.29, 1.82) is 0 Å². The lowest BCUT2D eigenvalue weighted by Gasteiger charge is -2.16. The van der Waals surface area contributed by atoms with Crippen LogP contribution in [0, 0.1) is 11.7 Å². The van der Waals surface area contributed by atoms with Gasteiger partial charge in [0.15, 0.2) is 0 Å². The molecule has 0 saturated heterocycles. The number of nitrogens with zero attached hydrogens (tertiary/aromatic N) is 1. The molecule has 1 aromatic heterocycles. The van der Waals surface area contributed by atoms with E-state index in [1.54, 1.807) is 24.3 Å². The number of hydrogen-bond acceptors (Lipinski definition) is 2. The fraction of sp³-hybridized carbons (Fsp3) is 0.217. The zero-order valence-corrected chi connectivity index (χ0v) is 15.4. The number of benzene rings is 2. The lowest BCUT2D eigenvalue weighted by atomic mass is 9.94. The maximum Gasteiger partial charge on any atom is 0.337 e. The minimum absolute atomic E-state index is 0.115. The largest absolute Gasteiger partial charge is 0.478 e. The summed E-state index contributed by atoms with van der Waals surface area (Å²) in [6.45, 7) is 4.13. The summed E-state index contributed by atoms with van der Waals surface area (Å²) < 4.78 is 14.4. The van der Waals surface area contributed by atoms with Crippen molar-refractivity contribution in [2.45, 2.75) is 26.7 Å². The van der Waals surface area contributed by atoms with Gasteiger partial charge in [-0.2, -0.15) is 0 Å². The standard InChI is InChI=1S/C23H22FNO2/c1-15(2)12-21-18(17-10-6-7-11-20(17)24)14-19(23(26)27)22(25-21)13-16-8-4-3-5-9-16/h3-11,14-15H,12-13H2,1-2H3,(H,26,27). The SMILES string of the molecule is CC(C)Cc1nc(Cc2ccccc2)c(C(=O)O)cc1-c1ccccc1F. The second-order valence-electron chi connectivity index (χ2n) is 7.02. The van der Waals surface area contributed by atoms with Crippen LogP contribution in [0.15, 0.2) is 60.7 Å². The Morgan fingerprint density at radius 2 is 1.67 bits per heavy atom. The van der Waals surface area contributed by atoms with Gasteiger partial charge in [0.25, 0.3) is 0 Å². The van der Waals surface area contributed by atoms with Gasteiger partial charge in [0, 0.05) is 23.2 Å². The summed E-state index contributed by atoms with van der Waals surface area (Å²) in [7, 11) is 0. The van der Waals surface area contributed by atoms with E-state index < -0.39 is 5.97 Å². The summed E-state index contributed by atoms with van der Waals surface area (Å²) in [5.74, 6) is -1.12. The minimum Gasteiger partial charge on any atom is -0.478 e. The van der Waals surface area contributed by atoms with Gasteiger partial charge >= 0.3 is 5.97 Å². The van der Waals surface area contributed by atoms with Crippen molar-refractivity contribution >= 4 is 5.97 Å². The molecule has 0 aliphatic heterocycles. The van der Waals surface area contributed by atoms with Crippen LogP contribution in [0.2, 0.25) is 0 Å². The smallest absolute Gasteiger partial charge is 0.337 e. The molecular formula is C23H22FNO2. The molecule has 27 heavy (non-hydrogen) atoms. The van der Waals surface area contributed by atoms with Gasteiger partial charge in [-0.15, -0.1) is 0 Å². The Kier molecular flexibility index (Phi) is 5.65. The van der Waals surface area contributed by atoms with Crippen LogP contribution in [0.25, 0.3) is 11.1 Å². The number of aromatic nitrogens is 1. The average molecular weight is 363 g/mol. The molecule has 0 aliphatic rings. The summed E-state index contributed by atoms with van der Waals surface area (Å²) >= 11 is 0. The fourth-order valence-electron chi connectivity index (χ4n) is 3.16. The van der Waals surface area contributed by atoms with E-state index in [9.17, 15) is 14.3 Å². The van der Waals surface area contributed by atoms with E-state index in [1.807, 2.05) is 30.3 Å². The van der Waals surface area contributed by atoms with Crippen LogP contribution in [0.3, 0.4) is 0 Å². The Morgan fingerprint density at radius 3 is 2.30 bits per heavy atom. The molecule has 0 saturated carbocycles. The van der Waals surface area contributed by atoms with Gasteiger partial charge in [0.05, 0.1) is 11.3 Å². The third-order valence-corrected chi connectivity index (χ3v) is 4.39. The summed E-state index contributed by atoms with van der Waals surface area (Å²) in [5, 5.41) is 9.72. The van der Waals surface area contributed by atoms with Gasteiger partial charge in [-0.1, -0.05) is 62.4 Å². The normalized spacial score (nSPS) is 11.0. The summed E-state index contributed by atoms with van der Waals surface area (Å²) in [5.41, 5.74) is 3.27. The highest BCUT2D eigenvalue weighted by molar-refractivity contribution is 5.91. The zero-order valence-electron chi connectivity index (χ0n) is 15.4. The third-order valence-electron chi connectivity index (χ3n) is 4.39. The number of rotatable bonds is 6. The number of carboxylic acids is 1. The second kappa shape index (κ2) is 8.12. The molecule has 0 bridgehead atoms. The Labute approximate surface area is 158 Å². The first-order valence-electron chi connectivity index (χ1n) is 9.00. The Bertz CT molecular complexity index is 952. The van der Waals surface area contributed by atoms with Crippen molar-refractivity contribution in [2.24, 2.45) is 5.92 Å². The van der Waals surface area contributed by atoms with Crippen LogP contribution in [0.5, 0.6) is 0 Å². The van der Waals surface area contributed by atoms with E-state index in [4.69, 9.17) is 4.98 Å². The van der Waals surface area contributed by atoms with Crippen LogP contribution >= 0.6 is 0 Å². The molecule has 4 heteroatoms. The van der Waals surface area contributed by atoms with E-state index in [2.05, 4.69) is 13.8 Å². The maximum atomic E-state index is 14.4. The van der Waals surface area contributed by atoms with Crippen LogP contribution in [-0.4, -0.2) is 16.1 Å². The predicted octanol–water partition coefficient (Wildman–Crippen LogP) is 5.38. The Hall–Kier alpha value is -3.01. The molecule has 1 heterocycles. The number of carboxylic acid groups (broad SMARTS) is 1. The number of halogens is 1. The molecule has 3 nitrogen and oxygen atoms in total. The van der Waals surface area contributed by atoms with Crippen molar-refractivity contribution in [1.82, 2.24) is 4.98 Å². The Morgan fingerprint density at radius 1 is 1.00 bits per heavy atom. The van der Waals surface area contributed by atoms with E-state index in [-0.39, 0.29) is 11.4 Å². The Balaban J connectivity index is 2.17. The molecule has 0 atom stereocenters. The van der Waals surface area contributed by atoms with Gasteiger partial charge in [0.1, 0.15) is 5.82 Å². The van der Waals surface area contributed by atoms with E-state index >= 15 is 0 Å². The van der Waals surface area contributed by atoms with Crippen molar-refractivity contribution in [2.75, 3.05) is 0 Å². The highest BCUT2D eigenvalue weighted by atomic mass is 19.1. The van der Waals surface area contributed by atoms with Crippen LogP contribution in [0.4, 0.5) is 4.39 Å². The van der Waals surface area contributed by atoms with Crippen molar-refractivity contribution in [3.05, 3.63) is 89.0 Å². The molecule has 0 aliphatic carbocycles. The third kappa shape index (κ3) is 4.40. The molecule has 1 N–H and O–H groups in total. The van der Waals surface area contributed by atoms with Crippen molar-refractivity contribution in [3.63, 3.8) is 0 Å². The quantitative estimate of drug-likeness (QED) is 0.640. The van der Waals surface area contributed by atoms with Gasteiger partial charge in [-0.3, -0.25) is 4.98 Å². The van der Waals surface area contributed by atoms with Crippen LogP contribution in [0.1, 0.15) is 41.2 Å². The number of hydrogen-bond donors (Lipinski definition) is 1. The average Bonchev–Trinajstić information content (AvgIpc) is 2.63. The van der Waals surface area contributed by atoms with Gasteiger partial charge in [-0.05, 0) is 30.0 Å². The van der Waals surface area contributed by atoms with Gasteiger partial charge in [0.2, 0.25) is 0 Å². The fourth-order valence-corrected chi connectivity index (χ4v) is 3.16. The molecule has 3 aromatic rings. The molecule has 0 unspecified atom stereocenters. The first-order chi connectivity index (χ1) is 13.0. The first-order valence-corrected chi connectivity index (χ1v) is 9.00. The number of carbonyl (C=O) groups is 1. The zero-order chi connectivity index (χ0) is 19.4. The summed E-state index contributed by atoms with van der Waals surface area (Å²) in [6, 6.07) is 17.6. The summed E-state index contributed by atoms with van der Waals surface area (Å²) in [4.78, 5) is 16.6. The van der Waals surface area contributed by atoms with E-state index in [1.165, 1.54) is 6.07 Å². The van der Waals surface area contributed by atoms with E-state index in [0.29, 0.717) is 35.6 Å². The van der Waals surface area contributed by atoms with Crippen molar-refractivity contribution < 1.29 is 14.3 Å². The number of aromatic carboxylic acids is 1. The molecule has 0 spiro atoms. The molecular weight excluding hydrogens is 341 g/mol. The minimum atomic E-state index is -1.05. The van der Waals surface area contributed by atoms with Crippen LogP contribution in [-0.2, 0) is 12.8 Å². The highest BCUT2D eigenvalue weighted by Crippen LogP contribution is 2.30. The van der Waals surface area contributed by atoms with Gasteiger partial charge < -0.3 is 5.11 Å². The number of pyridine rings is 1. The first kappa shape index (κ1) is 18.8. The topological polar surface area (TPSA) is 50.2 Å². The lowest BCUT2D eigenvalue weighted by molar-refractivity contribution is 0.0695. The maximum absolute atomic E-state index is 14.4. The lowest BCUT2D eigenvalue weighted by Crippen LogP contribution is -2.11. The molecule has 138 valence electrons. The van der Waals surface area contributed by atoms with Crippen molar-refractivity contribution in [3.8, 4) is 11.1 Å². The van der Waals surface area contributed by atoms with Gasteiger partial charge in [-0.25, -0.2) is 9.18 Å². The second-order valence-corrected chi connectivity index (χ2v) is 7.02. The molecule has 0 radical (unpaired) electrons. The molecule has 0 amide bonds. The molecule has 3 rings (SSSR count). The molecule has 2 aromatic carbocycles. The monoisotopic (exact) mass is 363 g/mol. The predicted molar refractivity (Wildman–Crippen MR) is 104 cm³/mol. The molecule has 0 fully saturated rings. The van der Waals surface area contributed by atoms with Crippen LogP contribution < -0.4 is 0 Å². The summed E-state index contributed by atoms with van der Waals surface area (Å²) in [6.07, 6.45) is 1.07. The highest BCUT2D eigenvalue weighted by Gasteiger charge is 2.20.